The third-order valence-electron chi connectivity index (χ3n) is 4.44. The maximum absolute atomic E-state index is 12.5. The lowest BCUT2D eigenvalue weighted by atomic mass is 10.1. The number of carbonyl (C=O) groups is 1. The van der Waals surface area contributed by atoms with Crippen LogP contribution in [0.3, 0.4) is 0 Å². The van der Waals surface area contributed by atoms with Crippen molar-refractivity contribution in [1.82, 2.24) is 30.1 Å². The number of aliphatic hydroxyl groups excluding tert-OH is 1. The fourth-order valence-corrected chi connectivity index (χ4v) is 3.07. The van der Waals surface area contributed by atoms with Crippen molar-refractivity contribution >= 4 is 16.9 Å². The number of tetrazole rings is 1. The molecule has 154 valence electrons. The first-order valence-corrected chi connectivity index (χ1v) is 9.36. The van der Waals surface area contributed by atoms with Gasteiger partial charge in [-0.25, -0.2) is 4.68 Å². The number of carbonyl (C=O) groups excluding carboxylic acids is 1. The summed E-state index contributed by atoms with van der Waals surface area (Å²) in [5.74, 6) is 0.00988. The number of benzene rings is 1. The number of fused-ring (bicyclic) bond motifs is 1. The van der Waals surface area contributed by atoms with Gasteiger partial charge in [-0.1, -0.05) is 11.6 Å². The Hall–Kier alpha value is -3.11. The van der Waals surface area contributed by atoms with E-state index < -0.39 is 5.97 Å². The SMILES string of the molecule is CCOC(=O)Cn1nnnc1CN(CCO)Cc1cc2cc(C)ccc2[nH]c1=O. The van der Waals surface area contributed by atoms with Crippen LogP contribution in [-0.2, 0) is 29.2 Å². The number of aromatic nitrogens is 5. The standard InChI is InChI=1S/C19H24N6O4/c1-3-29-18(27)12-25-17(21-22-23-25)11-24(6-7-26)10-15-9-14-8-13(2)4-5-16(14)20-19(15)28/h4-5,8-9,26H,3,6-7,10-12H2,1-2H3,(H,20,28). The number of hydrogen-bond donors (Lipinski definition) is 2. The molecular formula is C19H24N6O4. The van der Waals surface area contributed by atoms with Crippen LogP contribution < -0.4 is 5.56 Å². The molecule has 0 fully saturated rings. The van der Waals surface area contributed by atoms with Gasteiger partial charge in [-0.15, -0.1) is 5.10 Å². The number of H-pyrrole nitrogens is 1. The van der Waals surface area contributed by atoms with E-state index in [4.69, 9.17) is 4.74 Å². The predicted molar refractivity (Wildman–Crippen MR) is 105 cm³/mol. The van der Waals surface area contributed by atoms with Gasteiger partial charge in [-0.3, -0.25) is 14.5 Å². The molecular weight excluding hydrogens is 376 g/mol. The Morgan fingerprint density at radius 2 is 2.14 bits per heavy atom. The van der Waals surface area contributed by atoms with E-state index in [1.54, 1.807) is 6.92 Å². The van der Waals surface area contributed by atoms with E-state index in [1.165, 1.54) is 4.68 Å². The third-order valence-corrected chi connectivity index (χ3v) is 4.44. The maximum Gasteiger partial charge on any atom is 0.327 e. The molecule has 0 radical (unpaired) electrons. The van der Waals surface area contributed by atoms with Gasteiger partial charge in [-0.05, 0) is 47.9 Å². The number of aryl methyl sites for hydroxylation is 1. The number of nitrogens with one attached hydrogen (secondary N) is 1. The first-order valence-electron chi connectivity index (χ1n) is 9.36. The fourth-order valence-electron chi connectivity index (χ4n) is 3.07. The number of ether oxygens (including phenoxy) is 1. The van der Waals surface area contributed by atoms with Crippen molar-refractivity contribution in [2.45, 2.75) is 33.5 Å². The predicted octanol–water partition coefficient (Wildman–Crippen LogP) is 0.381. The van der Waals surface area contributed by atoms with Gasteiger partial charge in [-0.2, -0.15) is 0 Å². The molecule has 0 saturated heterocycles. The van der Waals surface area contributed by atoms with Crippen LogP contribution in [0.25, 0.3) is 10.9 Å². The summed E-state index contributed by atoms with van der Waals surface area (Å²) < 4.78 is 6.29. The highest BCUT2D eigenvalue weighted by Gasteiger charge is 2.16. The Kier molecular flexibility index (Phi) is 6.68. The molecule has 0 amide bonds. The van der Waals surface area contributed by atoms with Crippen molar-refractivity contribution in [2.24, 2.45) is 0 Å². The number of esters is 1. The van der Waals surface area contributed by atoms with E-state index in [-0.39, 0.29) is 31.9 Å². The third kappa shape index (κ3) is 5.24. The van der Waals surface area contributed by atoms with E-state index in [0.29, 0.717) is 24.5 Å². The Labute approximate surface area is 167 Å². The van der Waals surface area contributed by atoms with Crippen molar-refractivity contribution < 1.29 is 14.6 Å². The highest BCUT2D eigenvalue weighted by molar-refractivity contribution is 5.79. The minimum atomic E-state index is -0.434. The number of rotatable bonds is 9. The van der Waals surface area contributed by atoms with Crippen LogP contribution in [0.15, 0.2) is 29.1 Å². The molecule has 3 aromatic rings. The summed E-state index contributed by atoms with van der Waals surface area (Å²) in [7, 11) is 0. The summed E-state index contributed by atoms with van der Waals surface area (Å²) in [5.41, 5.74) is 2.26. The zero-order valence-corrected chi connectivity index (χ0v) is 16.5. The molecule has 0 bridgehead atoms. The molecule has 0 aliphatic carbocycles. The zero-order chi connectivity index (χ0) is 20.8. The molecule has 29 heavy (non-hydrogen) atoms. The van der Waals surface area contributed by atoms with Crippen LogP contribution in [-0.4, -0.2) is 60.9 Å². The molecule has 0 spiro atoms. The summed E-state index contributed by atoms with van der Waals surface area (Å²) in [6, 6.07) is 7.68. The van der Waals surface area contributed by atoms with Gasteiger partial charge >= 0.3 is 5.97 Å². The van der Waals surface area contributed by atoms with Crippen LogP contribution >= 0.6 is 0 Å². The van der Waals surface area contributed by atoms with Crippen molar-refractivity contribution in [2.75, 3.05) is 19.8 Å². The Balaban J connectivity index is 1.80. The number of nitrogens with zero attached hydrogens (tertiary/aromatic N) is 5. The molecule has 2 heterocycles. The van der Waals surface area contributed by atoms with Gasteiger partial charge in [0.1, 0.15) is 6.54 Å². The Morgan fingerprint density at radius 3 is 2.90 bits per heavy atom. The average molecular weight is 400 g/mol. The summed E-state index contributed by atoms with van der Waals surface area (Å²) in [4.78, 5) is 29.0. The normalized spacial score (nSPS) is 11.3. The molecule has 2 N–H and O–H groups in total. The van der Waals surface area contributed by atoms with Crippen LogP contribution in [0, 0.1) is 6.92 Å². The molecule has 0 aliphatic rings. The quantitative estimate of drug-likeness (QED) is 0.494. The summed E-state index contributed by atoms with van der Waals surface area (Å²) in [5, 5.41) is 21.8. The molecule has 0 aliphatic heterocycles. The Morgan fingerprint density at radius 1 is 1.31 bits per heavy atom. The maximum atomic E-state index is 12.5. The van der Waals surface area contributed by atoms with Crippen molar-refractivity contribution in [3.05, 3.63) is 51.6 Å². The molecule has 0 atom stereocenters. The van der Waals surface area contributed by atoms with Crippen LogP contribution in [0.4, 0.5) is 0 Å². The van der Waals surface area contributed by atoms with Gasteiger partial charge in [0.05, 0.1) is 19.8 Å². The largest absolute Gasteiger partial charge is 0.465 e. The summed E-state index contributed by atoms with van der Waals surface area (Å²) in [6.45, 7) is 4.68. The lowest BCUT2D eigenvalue weighted by molar-refractivity contribution is -0.144. The van der Waals surface area contributed by atoms with Crippen LogP contribution in [0.1, 0.15) is 23.9 Å². The van der Waals surface area contributed by atoms with Crippen LogP contribution in [0.2, 0.25) is 0 Å². The topological polar surface area (TPSA) is 126 Å². The van der Waals surface area contributed by atoms with Gasteiger partial charge in [0, 0.05) is 24.2 Å². The smallest absolute Gasteiger partial charge is 0.327 e. The van der Waals surface area contributed by atoms with Gasteiger partial charge in [0.15, 0.2) is 5.82 Å². The van der Waals surface area contributed by atoms with E-state index in [1.807, 2.05) is 36.1 Å². The second-order valence-electron chi connectivity index (χ2n) is 6.71. The Bertz CT molecular complexity index is 1040. The zero-order valence-electron chi connectivity index (χ0n) is 16.5. The lowest BCUT2D eigenvalue weighted by Gasteiger charge is -2.20. The van der Waals surface area contributed by atoms with E-state index in [0.717, 1.165) is 16.5 Å². The van der Waals surface area contributed by atoms with Crippen molar-refractivity contribution in [1.29, 1.82) is 0 Å². The van der Waals surface area contributed by atoms with Gasteiger partial charge < -0.3 is 14.8 Å². The van der Waals surface area contributed by atoms with Crippen LogP contribution in [0.5, 0.6) is 0 Å². The highest BCUT2D eigenvalue weighted by atomic mass is 16.5. The fraction of sp³-hybridized carbons (Fsp3) is 0.421. The average Bonchev–Trinajstić information content (AvgIpc) is 3.09. The number of aliphatic hydroxyl groups is 1. The summed E-state index contributed by atoms with van der Waals surface area (Å²) >= 11 is 0. The molecule has 2 aromatic heterocycles. The first-order chi connectivity index (χ1) is 14.0. The monoisotopic (exact) mass is 400 g/mol. The van der Waals surface area contributed by atoms with Gasteiger partial charge in [0.2, 0.25) is 0 Å². The number of hydrogen-bond acceptors (Lipinski definition) is 8. The van der Waals surface area contributed by atoms with E-state index in [9.17, 15) is 14.7 Å². The minimum Gasteiger partial charge on any atom is -0.465 e. The van der Waals surface area contributed by atoms with E-state index >= 15 is 0 Å². The minimum absolute atomic E-state index is 0.0932. The van der Waals surface area contributed by atoms with Gasteiger partial charge in [0.25, 0.3) is 5.56 Å². The first kappa shape index (κ1) is 20.6. The second-order valence-corrected chi connectivity index (χ2v) is 6.71. The highest BCUT2D eigenvalue weighted by Crippen LogP contribution is 2.14. The molecule has 10 nitrogen and oxygen atoms in total. The molecule has 0 saturated carbocycles. The number of pyridine rings is 1. The molecule has 10 heteroatoms. The lowest BCUT2D eigenvalue weighted by Crippen LogP contribution is -2.31. The van der Waals surface area contributed by atoms with Crippen molar-refractivity contribution in [3.63, 3.8) is 0 Å². The van der Waals surface area contributed by atoms with Crippen molar-refractivity contribution in [3.8, 4) is 0 Å². The summed E-state index contributed by atoms with van der Waals surface area (Å²) in [6.07, 6.45) is 0. The molecule has 1 aromatic carbocycles. The molecule has 3 rings (SSSR count). The second kappa shape index (κ2) is 9.39. The number of aromatic amines is 1. The molecule has 0 unspecified atom stereocenters. The van der Waals surface area contributed by atoms with E-state index in [2.05, 4.69) is 20.5 Å².